The second-order valence-electron chi connectivity index (χ2n) is 6.77. The van der Waals surface area contributed by atoms with E-state index in [1.54, 1.807) is 0 Å². The van der Waals surface area contributed by atoms with Crippen LogP contribution in [0.4, 0.5) is 0 Å². The molecule has 0 unspecified atom stereocenters. The molecule has 2 aromatic rings. The van der Waals surface area contributed by atoms with Gasteiger partial charge in [0.05, 0.1) is 17.3 Å². The first-order valence-electron chi connectivity index (χ1n) is 8.48. The van der Waals surface area contributed by atoms with Crippen LogP contribution in [0.1, 0.15) is 30.9 Å². The molecule has 1 aromatic carbocycles. The van der Waals surface area contributed by atoms with Gasteiger partial charge in [-0.25, -0.2) is 0 Å². The van der Waals surface area contributed by atoms with Crippen LogP contribution in [-0.4, -0.2) is 39.0 Å². The lowest BCUT2D eigenvalue weighted by Gasteiger charge is -2.37. The van der Waals surface area contributed by atoms with E-state index in [-0.39, 0.29) is 6.61 Å². The van der Waals surface area contributed by atoms with Crippen molar-refractivity contribution in [3.63, 3.8) is 0 Å². The van der Waals surface area contributed by atoms with Crippen LogP contribution in [0.15, 0.2) is 30.5 Å². The van der Waals surface area contributed by atoms with Crippen molar-refractivity contribution in [2.75, 3.05) is 13.2 Å². The largest absolute Gasteiger partial charge is 0.396 e. The smallest absolute Gasteiger partial charge is 0.0991 e. The zero-order chi connectivity index (χ0) is 17.1. The molecule has 0 saturated carbocycles. The van der Waals surface area contributed by atoms with E-state index in [2.05, 4.69) is 29.2 Å². The summed E-state index contributed by atoms with van der Waals surface area (Å²) in [5.74, 6) is 0.372. The minimum atomic E-state index is 0.263. The number of aryl methyl sites for hydroxylation is 1. The van der Waals surface area contributed by atoms with Gasteiger partial charge < -0.3 is 5.11 Å². The summed E-state index contributed by atoms with van der Waals surface area (Å²) in [6.07, 6.45) is 4.30. The molecule has 1 aromatic heterocycles. The number of benzene rings is 1. The van der Waals surface area contributed by atoms with Crippen LogP contribution in [-0.2, 0) is 13.6 Å². The van der Waals surface area contributed by atoms with Crippen LogP contribution in [0.2, 0.25) is 0 Å². The van der Waals surface area contributed by atoms with E-state index in [4.69, 9.17) is 5.26 Å². The molecule has 24 heavy (non-hydrogen) atoms. The molecule has 1 N–H and O–H groups in total. The molecule has 0 amide bonds. The van der Waals surface area contributed by atoms with Gasteiger partial charge >= 0.3 is 0 Å². The van der Waals surface area contributed by atoms with Crippen molar-refractivity contribution >= 4 is 0 Å². The van der Waals surface area contributed by atoms with Crippen molar-refractivity contribution in [3.8, 4) is 17.3 Å². The highest BCUT2D eigenvalue weighted by Crippen LogP contribution is 2.28. The Bertz CT molecular complexity index is 729. The quantitative estimate of drug-likeness (QED) is 0.939. The fourth-order valence-corrected chi connectivity index (χ4v) is 3.45. The van der Waals surface area contributed by atoms with E-state index in [0.29, 0.717) is 17.5 Å². The molecule has 2 atom stereocenters. The second-order valence-corrected chi connectivity index (χ2v) is 6.77. The molecule has 126 valence electrons. The van der Waals surface area contributed by atoms with Crippen molar-refractivity contribution in [1.82, 2.24) is 14.7 Å². The van der Waals surface area contributed by atoms with E-state index >= 15 is 0 Å². The normalized spacial score (nSPS) is 21.6. The van der Waals surface area contributed by atoms with Crippen LogP contribution < -0.4 is 0 Å². The third-order valence-electron chi connectivity index (χ3n) is 4.93. The Morgan fingerprint density at radius 1 is 1.29 bits per heavy atom. The van der Waals surface area contributed by atoms with Gasteiger partial charge in [0.1, 0.15) is 0 Å². The second kappa shape index (κ2) is 7.16. The molecule has 1 fully saturated rings. The number of aromatic nitrogens is 2. The molecule has 0 spiro atoms. The monoisotopic (exact) mass is 324 g/mol. The lowest BCUT2D eigenvalue weighted by atomic mass is 9.93. The van der Waals surface area contributed by atoms with Gasteiger partial charge in [0, 0.05) is 50.1 Å². The fourth-order valence-electron chi connectivity index (χ4n) is 3.45. The molecule has 1 aliphatic rings. The first kappa shape index (κ1) is 16.7. The summed E-state index contributed by atoms with van der Waals surface area (Å²) in [5.41, 5.74) is 3.85. The first-order valence-corrected chi connectivity index (χ1v) is 8.48. The fraction of sp³-hybridized carbons (Fsp3) is 0.474. The molecule has 3 rings (SSSR count). The summed E-state index contributed by atoms with van der Waals surface area (Å²) in [6.45, 7) is 4.28. The lowest BCUT2D eigenvalue weighted by molar-refractivity contribution is 0.0772. The molecule has 1 saturated heterocycles. The van der Waals surface area contributed by atoms with Gasteiger partial charge in [-0.2, -0.15) is 10.4 Å². The molecular weight excluding hydrogens is 300 g/mol. The standard InChI is InChI=1S/C19H24N4O/c1-14-3-4-16(13-24)10-23(14)12-18-11-22(2)21-19(18)17-7-5-15(9-20)6-8-17/h5-8,11,14,16,24H,3-4,10,12-13H2,1-2H3/t14-,16+/m1/s1. The topological polar surface area (TPSA) is 65.1 Å². The van der Waals surface area contributed by atoms with Gasteiger partial charge in [0.2, 0.25) is 0 Å². The summed E-state index contributed by atoms with van der Waals surface area (Å²) in [4.78, 5) is 2.44. The maximum absolute atomic E-state index is 9.48. The molecule has 0 aliphatic carbocycles. The van der Waals surface area contributed by atoms with E-state index in [1.807, 2.05) is 36.0 Å². The molecule has 1 aliphatic heterocycles. The minimum Gasteiger partial charge on any atom is -0.396 e. The third-order valence-corrected chi connectivity index (χ3v) is 4.93. The number of piperidine rings is 1. The Morgan fingerprint density at radius 2 is 2.04 bits per heavy atom. The van der Waals surface area contributed by atoms with Gasteiger partial charge in [0.15, 0.2) is 0 Å². The summed E-state index contributed by atoms with van der Waals surface area (Å²) >= 11 is 0. The molecule has 5 heteroatoms. The van der Waals surface area contributed by atoms with Crippen molar-refractivity contribution in [1.29, 1.82) is 5.26 Å². The van der Waals surface area contributed by atoms with Crippen molar-refractivity contribution < 1.29 is 5.11 Å². The predicted octanol–water partition coefficient (Wildman–Crippen LogP) is 2.55. The minimum absolute atomic E-state index is 0.263. The molecular formula is C19H24N4O. The highest BCUT2D eigenvalue weighted by Gasteiger charge is 2.26. The number of nitrogens with zero attached hydrogens (tertiary/aromatic N) is 4. The van der Waals surface area contributed by atoms with Crippen molar-refractivity contribution in [2.45, 2.75) is 32.4 Å². The lowest BCUT2D eigenvalue weighted by Crippen LogP contribution is -2.42. The number of hydrogen-bond acceptors (Lipinski definition) is 4. The van der Waals surface area contributed by atoms with Gasteiger partial charge in [-0.15, -0.1) is 0 Å². The average molecular weight is 324 g/mol. The predicted molar refractivity (Wildman–Crippen MR) is 93.0 cm³/mol. The van der Waals surface area contributed by atoms with E-state index in [9.17, 15) is 5.11 Å². The van der Waals surface area contributed by atoms with Gasteiger partial charge in [-0.05, 0) is 37.8 Å². The van der Waals surface area contributed by atoms with Crippen LogP contribution in [0.5, 0.6) is 0 Å². The Balaban J connectivity index is 1.84. The van der Waals surface area contributed by atoms with Crippen LogP contribution >= 0.6 is 0 Å². The van der Waals surface area contributed by atoms with Crippen LogP contribution in [0.3, 0.4) is 0 Å². The Morgan fingerprint density at radius 3 is 2.71 bits per heavy atom. The average Bonchev–Trinajstić information content (AvgIpc) is 2.97. The number of aliphatic hydroxyl groups is 1. The third kappa shape index (κ3) is 3.50. The maximum Gasteiger partial charge on any atom is 0.0991 e. The molecule has 0 radical (unpaired) electrons. The first-order chi connectivity index (χ1) is 11.6. The number of nitriles is 1. The highest BCUT2D eigenvalue weighted by atomic mass is 16.3. The zero-order valence-electron chi connectivity index (χ0n) is 14.3. The number of hydrogen-bond donors (Lipinski definition) is 1. The summed E-state index contributed by atoms with van der Waals surface area (Å²) in [6, 6.07) is 10.2. The Labute approximate surface area is 143 Å². The van der Waals surface area contributed by atoms with Crippen molar-refractivity contribution in [3.05, 3.63) is 41.6 Å². The highest BCUT2D eigenvalue weighted by molar-refractivity contribution is 5.63. The maximum atomic E-state index is 9.48. The summed E-state index contributed by atoms with van der Waals surface area (Å²) in [5, 5.41) is 23.1. The molecule has 5 nitrogen and oxygen atoms in total. The van der Waals surface area contributed by atoms with E-state index in [0.717, 1.165) is 37.2 Å². The number of likely N-dealkylation sites (tertiary alicyclic amines) is 1. The molecule has 2 heterocycles. The van der Waals surface area contributed by atoms with E-state index in [1.165, 1.54) is 5.56 Å². The zero-order valence-corrected chi connectivity index (χ0v) is 14.3. The van der Waals surface area contributed by atoms with Gasteiger partial charge in [-0.1, -0.05) is 12.1 Å². The number of aliphatic hydroxyl groups excluding tert-OH is 1. The van der Waals surface area contributed by atoms with E-state index < -0.39 is 0 Å². The molecule has 0 bridgehead atoms. The SMILES string of the molecule is C[C@@H]1CC[C@H](CO)CN1Cc1cn(C)nc1-c1ccc(C#N)cc1. The Kier molecular flexibility index (Phi) is 4.98. The van der Waals surface area contributed by atoms with Gasteiger partial charge in [0.25, 0.3) is 0 Å². The summed E-state index contributed by atoms with van der Waals surface area (Å²) < 4.78 is 1.85. The van der Waals surface area contributed by atoms with Crippen LogP contribution in [0.25, 0.3) is 11.3 Å². The van der Waals surface area contributed by atoms with Crippen LogP contribution in [0, 0.1) is 17.2 Å². The van der Waals surface area contributed by atoms with Crippen molar-refractivity contribution in [2.24, 2.45) is 13.0 Å². The number of rotatable bonds is 4. The summed E-state index contributed by atoms with van der Waals surface area (Å²) in [7, 11) is 1.94. The Hall–Kier alpha value is -2.16. The van der Waals surface area contributed by atoms with Gasteiger partial charge in [-0.3, -0.25) is 9.58 Å².